The van der Waals surface area contributed by atoms with Crippen LogP contribution in [0, 0.1) is 5.41 Å². The van der Waals surface area contributed by atoms with E-state index in [-0.39, 0.29) is 0 Å². The van der Waals surface area contributed by atoms with E-state index in [0.717, 1.165) is 6.54 Å². The number of hydrogen-bond donors (Lipinski definition) is 1. The number of rotatable bonds is 5. The maximum atomic E-state index is 6.02. The molecule has 1 fully saturated rings. The molecule has 1 unspecified atom stereocenters. The quantitative estimate of drug-likeness (QED) is 0.824. The summed E-state index contributed by atoms with van der Waals surface area (Å²) in [6.07, 6.45) is 7.74. The minimum atomic E-state index is 0.401. The Kier molecular flexibility index (Phi) is 4.45. The lowest BCUT2D eigenvalue weighted by Crippen LogP contribution is -2.29. The topological polar surface area (TPSA) is 26.0 Å². The second kappa shape index (κ2) is 5.88. The van der Waals surface area contributed by atoms with Crippen molar-refractivity contribution in [3.05, 3.63) is 35.4 Å². The van der Waals surface area contributed by atoms with Crippen LogP contribution in [0.5, 0.6) is 0 Å². The van der Waals surface area contributed by atoms with Gasteiger partial charge in [-0.3, -0.25) is 0 Å². The summed E-state index contributed by atoms with van der Waals surface area (Å²) in [5.41, 5.74) is 9.35. The van der Waals surface area contributed by atoms with Crippen molar-refractivity contribution in [1.29, 1.82) is 0 Å². The van der Waals surface area contributed by atoms with Crippen LogP contribution in [0.1, 0.15) is 63.0 Å². The Morgan fingerprint density at radius 2 is 1.78 bits per heavy atom. The summed E-state index contributed by atoms with van der Waals surface area (Å²) >= 11 is 0. The maximum Gasteiger partial charge on any atom is -0.00173 e. The summed E-state index contributed by atoms with van der Waals surface area (Å²) in [5.74, 6) is 0.675. The van der Waals surface area contributed by atoms with Gasteiger partial charge in [-0.2, -0.15) is 0 Å². The molecule has 0 heterocycles. The molecule has 1 aromatic carbocycles. The minimum absolute atomic E-state index is 0.401. The summed E-state index contributed by atoms with van der Waals surface area (Å²) in [6.45, 7) is 5.40. The zero-order chi connectivity index (χ0) is 13.0. The molecule has 1 aliphatic rings. The SMILES string of the molecule is CCC(C)c1ccc(CC2(CN)CCCC2)cc1. The lowest BCUT2D eigenvalue weighted by atomic mass is 9.80. The van der Waals surface area contributed by atoms with Gasteiger partial charge < -0.3 is 5.73 Å². The first-order chi connectivity index (χ1) is 8.69. The van der Waals surface area contributed by atoms with E-state index < -0.39 is 0 Å². The van der Waals surface area contributed by atoms with E-state index in [2.05, 4.69) is 38.1 Å². The van der Waals surface area contributed by atoms with Crippen LogP contribution >= 0.6 is 0 Å². The standard InChI is InChI=1S/C17H27N/c1-3-14(2)16-8-6-15(7-9-16)12-17(13-18)10-4-5-11-17/h6-9,14H,3-5,10-13,18H2,1-2H3. The highest BCUT2D eigenvalue weighted by molar-refractivity contribution is 5.26. The molecule has 1 aromatic rings. The van der Waals surface area contributed by atoms with Crippen LogP contribution in [0.25, 0.3) is 0 Å². The highest BCUT2D eigenvalue weighted by Crippen LogP contribution is 2.40. The largest absolute Gasteiger partial charge is 0.330 e. The van der Waals surface area contributed by atoms with Crippen molar-refractivity contribution in [3.63, 3.8) is 0 Å². The van der Waals surface area contributed by atoms with Gasteiger partial charge in [0.15, 0.2) is 0 Å². The fourth-order valence-corrected chi connectivity index (χ4v) is 3.21. The molecule has 0 aromatic heterocycles. The van der Waals surface area contributed by atoms with Gasteiger partial charge in [-0.25, -0.2) is 0 Å². The second-order valence-electron chi connectivity index (χ2n) is 6.14. The predicted octanol–water partition coefficient (Wildman–Crippen LogP) is 4.26. The van der Waals surface area contributed by atoms with Crippen LogP contribution in [-0.4, -0.2) is 6.54 Å². The molecule has 1 nitrogen and oxygen atoms in total. The third-order valence-corrected chi connectivity index (χ3v) is 4.84. The molecule has 1 heteroatoms. The van der Waals surface area contributed by atoms with Gasteiger partial charge in [-0.15, -0.1) is 0 Å². The van der Waals surface area contributed by atoms with Crippen molar-refractivity contribution in [2.45, 2.75) is 58.3 Å². The van der Waals surface area contributed by atoms with Crippen molar-refractivity contribution >= 4 is 0 Å². The van der Waals surface area contributed by atoms with Gasteiger partial charge in [0.2, 0.25) is 0 Å². The van der Waals surface area contributed by atoms with Gasteiger partial charge in [-0.1, -0.05) is 51.0 Å². The molecule has 0 radical (unpaired) electrons. The van der Waals surface area contributed by atoms with Crippen LogP contribution in [0.15, 0.2) is 24.3 Å². The van der Waals surface area contributed by atoms with E-state index in [1.54, 1.807) is 0 Å². The first-order valence-electron chi connectivity index (χ1n) is 7.48. The Morgan fingerprint density at radius 1 is 1.17 bits per heavy atom. The molecule has 1 aliphatic carbocycles. The molecular formula is C17H27N. The molecule has 100 valence electrons. The van der Waals surface area contributed by atoms with E-state index >= 15 is 0 Å². The van der Waals surface area contributed by atoms with E-state index in [9.17, 15) is 0 Å². The predicted molar refractivity (Wildman–Crippen MR) is 78.8 cm³/mol. The Morgan fingerprint density at radius 3 is 2.28 bits per heavy atom. The molecule has 0 bridgehead atoms. The van der Waals surface area contributed by atoms with Gasteiger partial charge in [0.1, 0.15) is 0 Å². The van der Waals surface area contributed by atoms with Gasteiger partial charge >= 0.3 is 0 Å². The molecule has 1 saturated carbocycles. The van der Waals surface area contributed by atoms with Crippen molar-refractivity contribution in [3.8, 4) is 0 Å². The zero-order valence-electron chi connectivity index (χ0n) is 11.9. The molecule has 0 amide bonds. The third kappa shape index (κ3) is 2.95. The van der Waals surface area contributed by atoms with Crippen LogP contribution in [0.4, 0.5) is 0 Å². The van der Waals surface area contributed by atoms with Crippen LogP contribution < -0.4 is 5.73 Å². The molecule has 2 N–H and O–H groups in total. The molecule has 18 heavy (non-hydrogen) atoms. The van der Waals surface area contributed by atoms with E-state index in [0.29, 0.717) is 11.3 Å². The number of hydrogen-bond acceptors (Lipinski definition) is 1. The second-order valence-corrected chi connectivity index (χ2v) is 6.14. The average Bonchev–Trinajstić information content (AvgIpc) is 2.88. The average molecular weight is 245 g/mol. The van der Waals surface area contributed by atoms with Crippen molar-refractivity contribution in [2.24, 2.45) is 11.1 Å². The summed E-state index contributed by atoms with van der Waals surface area (Å²) in [6, 6.07) is 9.25. The van der Waals surface area contributed by atoms with Crippen molar-refractivity contribution in [2.75, 3.05) is 6.54 Å². The number of benzene rings is 1. The molecule has 0 spiro atoms. The van der Waals surface area contributed by atoms with Crippen molar-refractivity contribution in [1.82, 2.24) is 0 Å². The minimum Gasteiger partial charge on any atom is -0.330 e. The fourth-order valence-electron chi connectivity index (χ4n) is 3.21. The van der Waals surface area contributed by atoms with E-state index in [1.165, 1.54) is 49.7 Å². The van der Waals surface area contributed by atoms with E-state index in [1.807, 2.05) is 0 Å². The molecule has 2 rings (SSSR count). The Balaban J connectivity index is 2.05. The molecule has 0 aliphatic heterocycles. The van der Waals surface area contributed by atoms with Gasteiger partial charge in [0.05, 0.1) is 0 Å². The summed E-state index contributed by atoms with van der Waals surface area (Å²) in [7, 11) is 0. The zero-order valence-corrected chi connectivity index (χ0v) is 11.9. The smallest absolute Gasteiger partial charge is 0.00173 e. The fraction of sp³-hybridized carbons (Fsp3) is 0.647. The molecular weight excluding hydrogens is 218 g/mol. The highest BCUT2D eigenvalue weighted by Gasteiger charge is 2.32. The first kappa shape index (κ1) is 13.6. The lowest BCUT2D eigenvalue weighted by molar-refractivity contribution is 0.306. The molecule has 0 saturated heterocycles. The normalized spacial score (nSPS) is 19.9. The van der Waals surface area contributed by atoms with E-state index in [4.69, 9.17) is 5.73 Å². The Hall–Kier alpha value is -0.820. The lowest BCUT2D eigenvalue weighted by Gasteiger charge is -2.27. The van der Waals surface area contributed by atoms with Gasteiger partial charge in [0, 0.05) is 0 Å². The number of nitrogens with two attached hydrogens (primary N) is 1. The van der Waals surface area contributed by atoms with Gasteiger partial charge in [-0.05, 0) is 54.7 Å². The first-order valence-corrected chi connectivity index (χ1v) is 7.48. The van der Waals surface area contributed by atoms with Crippen molar-refractivity contribution < 1.29 is 0 Å². The monoisotopic (exact) mass is 245 g/mol. The Bertz CT molecular complexity index is 360. The Labute approximate surface area is 112 Å². The van der Waals surface area contributed by atoms with Crippen LogP contribution in [-0.2, 0) is 6.42 Å². The third-order valence-electron chi connectivity index (χ3n) is 4.84. The highest BCUT2D eigenvalue weighted by atomic mass is 14.6. The van der Waals surface area contributed by atoms with Crippen LogP contribution in [0.2, 0.25) is 0 Å². The summed E-state index contributed by atoms with van der Waals surface area (Å²) in [5, 5.41) is 0. The summed E-state index contributed by atoms with van der Waals surface area (Å²) < 4.78 is 0. The van der Waals surface area contributed by atoms with Crippen LogP contribution in [0.3, 0.4) is 0 Å². The van der Waals surface area contributed by atoms with Gasteiger partial charge in [0.25, 0.3) is 0 Å². The summed E-state index contributed by atoms with van der Waals surface area (Å²) in [4.78, 5) is 0. The molecule has 1 atom stereocenters. The maximum absolute atomic E-state index is 6.02.